The van der Waals surface area contributed by atoms with Crippen LogP contribution in [0.1, 0.15) is 39.0 Å². The Morgan fingerprint density at radius 1 is 1.47 bits per heavy atom. The van der Waals surface area contributed by atoms with Gasteiger partial charge in [0.05, 0.1) is 6.04 Å². The van der Waals surface area contributed by atoms with Gasteiger partial charge in [0.25, 0.3) is 0 Å². The number of hydrogen-bond acceptors (Lipinski definition) is 4. The second-order valence-electron chi connectivity index (χ2n) is 5.37. The van der Waals surface area contributed by atoms with Crippen molar-refractivity contribution in [1.82, 2.24) is 10.2 Å². The maximum atomic E-state index is 11.9. The minimum atomic E-state index is -0.342. The Balaban J connectivity index is 2.19. The van der Waals surface area contributed by atoms with Gasteiger partial charge < -0.3 is 16.0 Å². The molecule has 0 aliphatic carbocycles. The summed E-state index contributed by atoms with van der Waals surface area (Å²) < 4.78 is 0. The summed E-state index contributed by atoms with van der Waals surface area (Å²) >= 11 is 1.73. The lowest BCUT2D eigenvalue weighted by molar-refractivity contribution is -0.123. The van der Waals surface area contributed by atoms with Crippen molar-refractivity contribution in [3.05, 3.63) is 0 Å². The molecule has 1 heterocycles. The largest absolute Gasteiger partial charge is 0.352 e. The summed E-state index contributed by atoms with van der Waals surface area (Å²) in [7, 11) is 0. The standard InChI is InChI=1S/C14H29N3OS/c1-3-4-8-17-9-5-12(6-10-17)16-14(18)13(15)7-11-19-2/h12-13H,3-11,15H2,1-2H3,(H,16,18)/t13-/m1/s1. The van der Waals surface area contributed by atoms with E-state index in [4.69, 9.17) is 5.73 Å². The van der Waals surface area contributed by atoms with Gasteiger partial charge in [-0.25, -0.2) is 0 Å². The highest BCUT2D eigenvalue weighted by atomic mass is 32.2. The van der Waals surface area contributed by atoms with Crippen molar-refractivity contribution in [3.63, 3.8) is 0 Å². The Hall–Kier alpha value is -0.260. The Labute approximate surface area is 121 Å². The van der Waals surface area contributed by atoms with Crippen molar-refractivity contribution < 1.29 is 4.79 Å². The number of nitrogens with two attached hydrogens (primary N) is 1. The van der Waals surface area contributed by atoms with Crippen LogP contribution in [0.15, 0.2) is 0 Å². The Morgan fingerprint density at radius 3 is 2.74 bits per heavy atom. The summed E-state index contributed by atoms with van der Waals surface area (Å²) in [5.41, 5.74) is 5.88. The second kappa shape index (κ2) is 9.61. The highest BCUT2D eigenvalue weighted by Gasteiger charge is 2.22. The van der Waals surface area contributed by atoms with Gasteiger partial charge in [0.15, 0.2) is 0 Å². The molecule has 0 saturated carbocycles. The zero-order chi connectivity index (χ0) is 14.1. The molecular weight excluding hydrogens is 258 g/mol. The van der Waals surface area contributed by atoms with Crippen LogP contribution in [-0.2, 0) is 4.79 Å². The molecule has 5 heteroatoms. The Bertz CT molecular complexity index is 255. The molecule has 1 aliphatic rings. The van der Waals surface area contributed by atoms with E-state index in [2.05, 4.69) is 17.1 Å². The first-order chi connectivity index (χ1) is 9.17. The molecule has 1 fully saturated rings. The summed E-state index contributed by atoms with van der Waals surface area (Å²) in [6.07, 6.45) is 7.45. The summed E-state index contributed by atoms with van der Waals surface area (Å²) in [5.74, 6) is 0.977. The van der Waals surface area contributed by atoms with E-state index in [1.165, 1.54) is 19.4 Å². The van der Waals surface area contributed by atoms with Crippen molar-refractivity contribution in [1.29, 1.82) is 0 Å². The third-order valence-electron chi connectivity index (χ3n) is 3.73. The third-order valence-corrected chi connectivity index (χ3v) is 4.38. The topological polar surface area (TPSA) is 58.4 Å². The van der Waals surface area contributed by atoms with Crippen LogP contribution in [0, 0.1) is 0 Å². The quantitative estimate of drug-likeness (QED) is 0.709. The van der Waals surface area contributed by atoms with Crippen molar-refractivity contribution in [2.45, 2.75) is 51.1 Å². The fourth-order valence-electron chi connectivity index (χ4n) is 2.37. The summed E-state index contributed by atoms with van der Waals surface area (Å²) in [4.78, 5) is 14.4. The molecule has 19 heavy (non-hydrogen) atoms. The number of unbranched alkanes of at least 4 members (excludes halogenated alkanes) is 1. The number of rotatable bonds is 8. The first-order valence-corrected chi connectivity index (χ1v) is 8.84. The molecule has 1 rings (SSSR count). The van der Waals surface area contributed by atoms with E-state index >= 15 is 0 Å². The van der Waals surface area contributed by atoms with E-state index in [1.54, 1.807) is 11.8 Å². The summed E-state index contributed by atoms with van der Waals surface area (Å²) in [5, 5.41) is 3.10. The van der Waals surface area contributed by atoms with Crippen LogP contribution in [0.4, 0.5) is 0 Å². The SMILES string of the molecule is CCCCN1CCC(NC(=O)[C@H](N)CCSC)CC1. The van der Waals surface area contributed by atoms with Crippen LogP contribution in [0.2, 0.25) is 0 Å². The van der Waals surface area contributed by atoms with Gasteiger partial charge in [-0.3, -0.25) is 4.79 Å². The third kappa shape index (κ3) is 6.63. The number of likely N-dealkylation sites (tertiary alicyclic amines) is 1. The van der Waals surface area contributed by atoms with Crippen molar-refractivity contribution in [2.75, 3.05) is 31.6 Å². The van der Waals surface area contributed by atoms with Gasteiger partial charge in [-0.1, -0.05) is 13.3 Å². The molecule has 0 unspecified atom stereocenters. The molecule has 0 aromatic rings. The maximum absolute atomic E-state index is 11.9. The van der Waals surface area contributed by atoms with Gasteiger partial charge in [-0.2, -0.15) is 11.8 Å². The van der Waals surface area contributed by atoms with E-state index in [0.717, 1.165) is 38.1 Å². The van der Waals surface area contributed by atoms with E-state index in [1.807, 2.05) is 6.26 Å². The van der Waals surface area contributed by atoms with Gasteiger partial charge in [0.2, 0.25) is 5.91 Å². The average Bonchev–Trinajstić information content (AvgIpc) is 2.43. The van der Waals surface area contributed by atoms with Crippen molar-refractivity contribution in [3.8, 4) is 0 Å². The number of thioether (sulfide) groups is 1. The van der Waals surface area contributed by atoms with Gasteiger partial charge >= 0.3 is 0 Å². The number of piperidine rings is 1. The first kappa shape index (κ1) is 16.8. The van der Waals surface area contributed by atoms with E-state index in [0.29, 0.717) is 6.04 Å². The van der Waals surface area contributed by atoms with E-state index in [-0.39, 0.29) is 11.9 Å². The maximum Gasteiger partial charge on any atom is 0.237 e. The van der Waals surface area contributed by atoms with E-state index in [9.17, 15) is 4.79 Å². The van der Waals surface area contributed by atoms with Crippen LogP contribution in [0.5, 0.6) is 0 Å². The highest BCUT2D eigenvalue weighted by Crippen LogP contribution is 2.11. The molecular formula is C14H29N3OS. The normalized spacial score (nSPS) is 19.3. The van der Waals surface area contributed by atoms with Crippen LogP contribution in [0.25, 0.3) is 0 Å². The van der Waals surface area contributed by atoms with Crippen LogP contribution < -0.4 is 11.1 Å². The molecule has 0 aromatic carbocycles. The number of amides is 1. The fourth-order valence-corrected chi connectivity index (χ4v) is 2.86. The lowest BCUT2D eigenvalue weighted by atomic mass is 10.0. The van der Waals surface area contributed by atoms with Crippen molar-refractivity contribution >= 4 is 17.7 Å². The Kier molecular flexibility index (Phi) is 8.50. The predicted molar refractivity (Wildman–Crippen MR) is 83.5 cm³/mol. The number of carbonyl (C=O) groups is 1. The molecule has 112 valence electrons. The number of hydrogen-bond donors (Lipinski definition) is 2. The second-order valence-corrected chi connectivity index (χ2v) is 6.35. The Morgan fingerprint density at radius 2 is 2.16 bits per heavy atom. The van der Waals surface area contributed by atoms with Crippen LogP contribution >= 0.6 is 11.8 Å². The van der Waals surface area contributed by atoms with Gasteiger partial charge in [0, 0.05) is 19.1 Å². The fraction of sp³-hybridized carbons (Fsp3) is 0.929. The minimum absolute atomic E-state index is 0.0288. The molecule has 1 saturated heterocycles. The number of nitrogens with one attached hydrogen (secondary N) is 1. The van der Waals surface area contributed by atoms with E-state index < -0.39 is 0 Å². The predicted octanol–water partition coefficient (Wildman–Crippen LogP) is 1.45. The molecule has 3 N–H and O–H groups in total. The van der Waals surface area contributed by atoms with Crippen LogP contribution in [-0.4, -0.2) is 54.5 Å². The highest BCUT2D eigenvalue weighted by molar-refractivity contribution is 7.98. The molecule has 0 aromatic heterocycles. The molecule has 1 aliphatic heterocycles. The molecule has 4 nitrogen and oxygen atoms in total. The first-order valence-electron chi connectivity index (χ1n) is 7.44. The molecule has 1 amide bonds. The summed E-state index contributed by atoms with van der Waals surface area (Å²) in [6, 6.07) is -0.0173. The molecule has 0 spiro atoms. The van der Waals surface area contributed by atoms with Gasteiger partial charge in [-0.05, 0) is 44.2 Å². The van der Waals surface area contributed by atoms with Gasteiger partial charge in [-0.15, -0.1) is 0 Å². The van der Waals surface area contributed by atoms with Crippen LogP contribution in [0.3, 0.4) is 0 Å². The lowest BCUT2D eigenvalue weighted by Gasteiger charge is -2.32. The molecule has 1 atom stereocenters. The molecule has 0 bridgehead atoms. The zero-order valence-electron chi connectivity index (χ0n) is 12.4. The minimum Gasteiger partial charge on any atom is -0.352 e. The zero-order valence-corrected chi connectivity index (χ0v) is 13.2. The smallest absolute Gasteiger partial charge is 0.237 e. The number of carbonyl (C=O) groups excluding carboxylic acids is 1. The van der Waals surface area contributed by atoms with Crippen molar-refractivity contribution in [2.24, 2.45) is 5.73 Å². The number of nitrogens with zero attached hydrogens (tertiary/aromatic N) is 1. The lowest BCUT2D eigenvalue weighted by Crippen LogP contribution is -2.49. The monoisotopic (exact) mass is 287 g/mol. The average molecular weight is 287 g/mol. The van der Waals surface area contributed by atoms with Gasteiger partial charge in [0.1, 0.15) is 0 Å². The molecule has 0 radical (unpaired) electrons. The summed E-state index contributed by atoms with van der Waals surface area (Å²) in [6.45, 7) is 5.63.